The number of hydrogen-bond donors (Lipinski definition) is 0. The predicted molar refractivity (Wildman–Crippen MR) is 77.8 cm³/mol. The Hall–Kier alpha value is -0.570. The summed E-state index contributed by atoms with van der Waals surface area (Å²) in [5, 5.41) is 0.999. The number of hydrogen-bond acceptors (Lipinski definition) is 2. The lowest BCUT2D eigenvalue weighted by molar-refractivity contribution is 0.0903. The second kappa shape index (κ2) is 7.13. The van der Waals surface area contributed by atoms with Gasteiger partial charge in [-0.05, 0) is 38.1 Å². The minimum absolute atomic E-state index is 0.0182. The van der Waals surface area contributed by atoms with Crippen molar-refractivity contribution in [1.29, 1.82) is 0 Å². The number of nitrogens with zero attached hydrogens (tertiary/aromatic N) is 1. The molecule has 0 N–H and O–H groups in total. The number of likely N-dealkylation sites (N-methyl/N-ethyl adjacent to an activating group) is 1. The summed E-state index contributed by atoms with van der Waals surface area (Å²) < 4.78 is 0. The quantitative estimate of drug-likeness (QED) is 0.727. The van der Waals surface area contributed by atoms with E-state index < -0.39 is 0 Å². The van der Waals surface area contributed by atoms with Crippen molar-refractivity contribution in [3.63, 3.8) is 0 Å². The molecule has 0 bridgehead atoms. The molecule has 1 aromatic rings. The molecule has 0 aliphatic carbocycles. The van der Waals surface area contributed by atoms with Gasteiger partial charge in [-0.1, -0.05) is 37.0 Å². The number of halogens is 2. The van der Waals surface area contributed by atoms with Gasteiger partial charge in [0, 0.05) is 16.6 Å². The highest BCUT2D eigenvalue weighted by Gasteiger charge is 2.17. The van der Waals surface area contributed by atoms with Crippen LogP contribution in [-0.4, -0.2) is 29.8 Å². The number of benzene rings is 1. The van der Waals surface area contributed by atoms with E-state index in [0.29, 0.717) is 28.2 Å². The fraction of sp³-hybridized carbons (Fsp3) is 0.500. The van der Waals surface area contributed by atoms with Crippen molar-refractivity contribution in [2.45, 2.75) is 33.2 Å². The van der Waals surface area contributed by atoms with Crippen LogP contribution in [0.25, 0.3) is 0 Å². The fourth-order valence-corrected chi connectivity index (χ4v) is 2.21. The van der Waals surface area contributed by atoms with Gasteiger partial charge in [0.1, 0.15) is 0 Å². The third kappa shape index (κ3) is 3.98. The van der Waals surface area contributed by atoms with E-state index in [1.54, 1.807) is 18.2 Å². The minimum Gasteiger partial charge on any atom is -0.293 e. The number of carbonyl (C=O) groups is 1. The van der Waals surface area contributed by atoms with Gasteiger partial charge >= 0.3 is 0 Å². The molecule has 2 nitrogen and oxygen atoms in total. The van der Waals surface area contributed by atoms with E-state index in [1.165, 1.54) is 0 Å². The van der Waals surface area contributed by atoms with Crippen molar-refractivity contribution in [3.8, 4) is 0 Å². The van der Waals surface area contributed by atoms with Crippen LogP contribution in [0.5, 0.6) is 0 Å². The van der Waals surface area contributed by atoms with Gasteiger partial charge in [-0.15, -0.1) is 0 Å². The van der Waals surface area contributed by atoms with Gasteiger partial charge in [-0.2, -0.15) is 0 Å². The first-order chi connectivity index (χ1) is 8.49. The van der Waals surface area contributed by atoms with E-state index in [-0.39, 0.29) is 5.78 Å². The summed E-state index contributed by atoms with van der Waals surface area (Å²) in [5.41, 5.74) is 0.505. The van der Waals surface area contributed by atoms with Gasteiger partial charge in [0.15, 0.2) is 5.78 Å². The molecule has 0 radical (unpaired) electrons. The lowest BCUT2D eigenvalue weighted by Crippen LogP contribution is -2.36. The normalized spacial score (nSPS) is 12.8. The highest BCUT2D eigenvalue weighted by Crippen LogP contribution is 2.21. The van der Waals surface area contributed by atoms with Crippen molar-refractivity contribution in [1.82, 2.24) is 4.90 Å². The molecule has 4 heteroatoms. The SMILES string of the molecule is CCC(C)N(CC)CC(=O)c1cc(Cl)ccc1Cl. The Morgan fingerprint density at radius 1 is 1.33 bits per heavy atom. The summed E-state index contributed by atoms with van der Waals surface area (Å²) >= 11 is 11.9. The Labute approximate surface area is 119 Å². The topological polar surface area (TPSA) is 20.3 Å². The number of Topliss-reactive ketones (excluding diaryl/α,β-unsaturated/α-hetero) is 1. The molecular weight excluding hydrogens is 269 g/mol. The molecule has 18 heavy (non-hydrogen) atoms. The summed E-state index contributed by atoms with van der Waals surface area (Å²) in [5.74, 6) is 0.0182. The summed E-state index contributed by atoms with van der Waals surface area (Å²) in [6, 6.07) is 5.37. The van der Waals surface area contributed by atoms with Gasteiger partial charge in [0.2, 0.25) is 0 Å². The molecule has 0 aliphatic rings. The number of ketones is 1. The first-order valence-corrected chi connectivity index (χ1v) is 6.97. The van der Waals surface area contributed by atoms with Crippen LogP contribution in [0.1, 0.15) is 37.6 Å². The molecule has 0 saturated carbocycles. The first-order valence-electron chi connectivity index (χ1n) is 6.21. The molecule has 1 unspecified atom stereocenters. The minimum atomic E-state index is 0.0182. The van der Waals surface area contributed by atoms with Crippen LogP contribution >= 0.6 is 23.2 Å². The number of carbonyl (C=O) groups excluding carboxylic acids is 1. The Kier molecular flexibility index (Phi) is 6.13. The molecule has 0 aliphatic heterocycles. The maximum absolute atomic E-state index is 12.2. The van der Waals surface area contributed by atoms with Crippen LogP contribution in [0.2, 0.25) is 10.0 Å². The second-order valence-corrected chi connectivity index (χ2v) is 5.21. The third-order valence-corrected chi connectivity index (χ3v) is 3.76. The maximum Gasteiger partial charge on any atom is 0.178 e. The number of rotatable bonds is 6. The van der Waals surface area contributed by atoms with Crippen LogP contribution in [-0.2, 0) is 0 Å². The molecule has 1 atom stereocenters. The van der Waals surface area contributed by atoms with Crippen LogP contribution in [0.15, 0.2) is 18.2 Å². The lowest BCUT2D eigenvalue weighted by Gasteiger charge is -2.26. The van der Waals surface area contributed by atoms with E-state index in [9.17, 15) is 4.79 Å². The van der Waals surface area contributed by atoms with Crippen LogP contribution < -0.4 is 0 Å². The van der Waals surface area contributed by atoms with Crippen molar-refractivity contribution < 1.29 is 4.79 Å². The molecule has 0 saturated heterocycles. The lowest BCUT2D eigenvalue weighted by atomic mass is 10.1. The zero-order valence-electron chi connectivity index (χ0n) is 11.0. The molecule has 0 heterocycles. The largest absolute Gasteiger partial charge is 0.293 e. The summed E-state index contributed by atoms with van der Waals surface area (Å²) in [4.78, 5) is 14.4. The summed E-state index contributed by atoms with van der Waals surface area (Å²) in [6.45, 7) is 7.52. The zero-order valence-corrected chi connectivity index (χ0v) is 12.6. The fourth-order valence-electron chi connectivity index (χ4n) is 1.82. The molecule has 0 fully saturated rings. The highest BCUT2D eigenvalue weighted by molar-refractivity contribution is 6.36. The summed E-state index contributed by atoms with van der Waals surface area (Å²) in [7, 11) is 0. The molecule has 1 rings (SSSR count). The highest BCUT2D eigenvalue weighted by atomic mass is 35.5. The van der Waals surface area contributed by atoms with E-state index >= 15 is 0 Å². The molecule has 100 valence electrons. The van der Waals surface area contributed by atoms with E-state index in [2.05, 4.69) is 25.7 Å². The Morgan fingerprint density at radius 3 is 2.56 bits per heavy atom. The molecule has 0 amide bonds. The monoisotopic (exact) mass is 287 g/mol. The predicted octanol–water partition coefficient (Wildman–Crippen LogP) is 4.30. The van der Waals surface area contributed by atoms with Crippen LogP contribution in [0.3, 0.4) is 0 Å². The second-order valence-electron chi connectivity index (χ2n) is 4.37. The molecule has 0 aromatic heterocycles. The maximum atomic E-state index is 12.2. The van der Waals surface area contributed by atoms with Gasteiger partial charge < -0.3 is 0 Å². The van der Waals surface area contributed by atoms with E-state index in [4.69, 9.17) is 23.2 Å². The Balaban J connectivity index is 2.84. The average molecular weight is 288 g/mol. The zero-order chi connectivity index (χ0) is 13.7. The van der Waals surface area contributed by atoms with Crippen molar-refractivity contribution in [3.05, 3.63) is 33.8 Å². The van der Waals surface area contributed by atoms with Gasteiger partial charge in [-0.3, -0.25) is 9.69 Å². The Morgan fingerprint density at radius 2 is 2.00 bits per heavy atom. The van der Waals surface area contributed by atoms with Gasteiger partial charge in [0.05, 0.1) is 11.6 Å². The van der Waals surface area contributed by atoms with Crippen molar-refractivity contribution >= 4 is 29.0 Å². The summed E-state index contributed by atoms with van der Waals surface area (Å²) in [6.07, 6.45) is 1.02. The van der Waals surface area contributed by atoms with Crippen molar-refractivity contribution in [2.75, 3.05) is 13.1 Å². The van der Waals surface area contributed by atoms with Gasteiger partial charge in [0.25, 0.3) is 0 Å². The van der Waals surface area contributed by atoms with E-state index in [0.717, 1.165) is 13.0 Å². The van der Waals surface area contributed by atoms with E-state index in [1.807, 2.05) is 0 Å². The smallest absolute Gasteiger partial charge is 0.178 e. The Bertz CT molecular complexity index is 420. The third-order valence-electron chi connectivity index (χ3n) is 3.20. The van der Waals surface area contributed by atoms with Crippen LogP contribution in [0, 0.1) is 0 Å². The molecular formula is C14H19Cl2NO. The first kappa shape index (κ1) is 15.5. The average Bonchev–Trinajstić information content (AvgIpc) is 2.37. The molecule has 0 spiro atoms. The van der Waals surface area contributed by atoms with Crippen LogP contribution in [0.4, 0.5) is 0 Å². The molecule has 1 aromatic carbocycles. The van der Waals surface area contributed by atoms with Crippen molar-refractivity contribution in [2.24, 2.45) is 0 Å². The van der Waals surface area contributed by atoms with Gasteiger partial charge in [-0.25, -0.2) is 0 Å². The standard InChI is InChI=1S/C14H19Cl2NO/c1-4-10(3)17(5-2)9-14(18)12-8-11(15)6-7-13(12)16/h6-8,10H,4-5,9H2,1-3H3.